The molecule has 0 bridgehead atoms. The van der Waals surface area contributed by atoms with Crippen molar-refractivity contribution >= 4 is 12.0 Å². The molecule has 2 N–H and O–H groups in total. The van der Waals surface area contributed by atoms with Crippen LogP contribution in [0.3, 0.4) is 0 Å². The largest absolute Gasteiger partial charge is 0.481 e. The van der Waals surface area contributed by atoms with Crippen molar-refractivity contribution in [3.05, 3.63) is 0 Å². The monoisotopic (exact) mass is 226 g/mol. The molecule has 0 aromatic heterocycles. The Balaban J connectivity index is 2.39. The fourth-order valence-electron chi connectivity index (χ4n) is 1.36. The number of aliphatic carboxylic acids is 1. The van der Waals surface area contributed by atoms with Crippen LogP contribution < -0.4 is 5.32 Å². The third kappa shape index (κ3) is 3.44. The van der Waals surface area contributed by atoms with Crippen LogP contribution in [0.25, 0.3) is 0 Å². The highest BCUT2D eigenvalue weighted by Gasteiger charge is 2.25. The highest BCUT2D eigenvalue weighted by atomic mass is 16.5. The molecule has 1 rings (SSSR count). The summed E-state index contributed by atoms with van der Waals surface area (Å²) < 4.78 is 5.14. The molecule has 0 spiro atoms. The summed E-state index contributed by atoms with van der Waals surface area (Å²) in [5.74, 6) is 1.51. The van der Waals surface area contributed by atoms with Gasteiger partial charge in [-0.1, -0.05) is 5.92 Å². The number of carbonyl (C=O) groups excluding carboxylic acids is 1. The van der Waals surface area contributed by atoms with E-state index >= 15 is 0 Å². The Morgan fingerprint density at radius 2 is 2.38 bits per heavy atom. The fraction of sp³-hybridized carbons (Fsp3) is 0.600. The second kappa shape index (κ2) is 5.98. The van der Waals surface area contributed by atoms with E-state index in [9.17, 15) is 9.59 Å². The Kier molecular flexibility index (Phi) is 4.61. The Labute approximate surface area is 93.6 Å². The topological polar surface area (TPSA) is 78.9 Å². The molecule has 6 heteroatoms. The van der Waals surface area contributed by atoms with Gasteiger partial charge in [-0.25, -0.2) is 4.79 Å². The number of hydrogen-bond donors (Lipinski definition) is 2. The lowest BCUT2D eigenvalue weighted by atomic mass is 10.2. The van der Waals surface area contributed by atoms with Gasteiger partial charge in [-0.3, -0.25) is 4.79 Å². The van der Waals surface area contributed by atoms with Crippen LogP contribution in [0.5, 0.6) is 0 Å². The molecule has 0 aromatic rings. The van der Waals surface area contributed by atoms with Crippen LogP contribution in [0, 0.1) is 12.3 Å². The molecule has 1 saturated heterocycles. The van der Waals surface area contributed by atoms with Gasteiger partial charge in [0.2, 0.25) is 0 Å². The third-order valence-electron chi connectivity index (χ3n) is 2.20. The van der Waals surface area contributed by atoms with Crippen LogP contribution in [0.15, 0.2) is 0 Å². The van der Waals surface area contributed by atoms with E-state index in [0.29, 0.717) is 19.8 Å². The van der Waals surface area contributed by atoms with Gasteiger partial charge >= 0.3 is 12.0 Å². The second-order valence-electron chi connectivity index (χ2n) is 3.33. The molecule has 2 amide bonds. The number of carboxylic acids is 1. The van der Waals surface area contributed by atoms with Crippen molar-refractivity contribution in [3.8, 4) is 12.3 Å². The number of hydrogen-bond acceptors (Lipinski definition) is 3. The van der Waals surface area contributed by atoms with Gasteiger partial charge in [-0.15, -0.1) is 6.42 Å². The first-order valence-electron chi connectivity index (χ1n) is 4.95. The van der Waals surface area contributed by atoms with Crippen LogP contribution in [0.4, 0.5) is 4.79 Å². The van der Waals surface area contributed by atoms with Crippen LogP contribution in [-0.2, 0) is 9.53 Å². The van der Waals surface area contributed by atoms with Crippen molar-refractivity contribution in [2.45, 2.75) is 12.5 Å². The maximum atomic E-state index is 11.6. The number of amides is 2. The first-order chi connectivity index (χ1) is 7.65. The number of carbonyl (C=O) groups is 2. The van der Waals surface area contributed by atoms with Gasteiger partial charge in [-0.2, -0.15) is 0 Å². The molecule has 16 heavy (non-hydrogen) atoms. The quantitative estimate of drug-likeness (QED) is 0.636. The summed E-state index contributed by atoms with van der Waals surface area (Å²) >= 11 is 0. The van der Waals surface area contributed by atoms with Gasteiger partial charge < -0.3 is 20.1 Å². The highest BCUT2D eigenvalue weighted by Crippen LogP contribution is 2.05. The van der Waals surface area contributed by atoms with Gasteiger partial charge in [-0.05, 0) is 0 Å². The molecular formula is C10H14N2O4. The number of terminal acetylenes is 1. The average Bonchev–Trinajstić information content (AvgIpc) is 2.28. The Hall–Kier alpha value is -1.74. The summed E-state index contributed by atoms with van der Waals surface area (Å²) in [4.78, 5) is 23.4. The SMILES string of the molecule is C#CC1COCCN1C(=O)NCCC(=O)O. The van der Waals surface area contributed by atoms with E-state index in [0.717, 1.165) is 0 Å². The number of carboxylic acid groups (broad SMARTS) is 1. The van der Waals surface area contributed by atoms with Crippen LogP contribution >= 0.6 is 0 Å². The minimum atomic E-state index is -0.948. The molecule has 6 nitrogen and oxygen atoms in total. The van der Waals surface area contributed by atoms with E-state index in [-0.39, 0.29) is 25.0 Å². The Morgan fingerprint density at radius 3 is 3.00 bits per heavy atom. The van der Waals surface area contributed by atoms with Gasteiger partial charge in [0.25, 0.3) is 0 Å². The number of nitrogens with zero attached hydrogens (tertiary/aromatic N) is 1. The minimum absolute atomic E-state index is 0.100. The lowest BCUT2D eigenvalue weighted by Gasteiger charge is -2.32. The van der Waals surface area contributed by atoms with Gasteiger partial charge in [0.15, 0.2) is 0 Å². The Bertz CT molecular complexity index is 310. The average molecular weight is 226 g/mol. The van der Waals surface area contributed by atoms with E-state index < -0.39 is 5.97 Å². The van der Waals surface area contributed by atoms with Crippen molar-refractivity contribution in [2.24, 2.45) is 0 Å². The maximum absolute atomic E-state index is 11.6. The zero-order chi connectivity index (χ0) is 12.0. The number of morpholine rings is 1. The zero-order valence-electron chi connectivity index (χ0n) is 8.81. The Morgan fingerprint density at radius 1 is 1.62 bits per heavy atom. The summed E-state index contributed by atoms with van der Waals surface area (Å²) in [7, 11) is 0. The van der Waals surface area contributed by atoms with Crippen LogP contribution in [-0.4, -0.2) is 54.4 Å². The third-order valence-corrected chi connectivity index (χ3v) is 2.20. The molecule has 1 unspecified atom stereocenters. The summed E-state index contributed by atoms with van der Waals surface area (Å²) in [6.07, 6.45) is 5.16. The molecule has 1 atom stereocenters. The predicted octanol–water partition coefficient (Wildman–Crippen LogP) is -0.495. The molecule has 1 heterocycles. The van der Waals surface area contributed by atoms with Crippen molar-refractivity contribution in [3.63, 3.8) is 0 Å². The van der Waals surface area contributed by atoms with E-state index in [4.69, 9.17) is 16.3 Å². The van der Waals surface area contributed by atoms with Crippen molar-refractivity contribution < 1.29 is 19.4 Å². The van der Waals surface area contributed by atoms with Gasteiger partial charge in [0.1, 0.15) is 6.04 Å². The number of urea groups is 1. The molecule has 0 saturated carbocycles. The minimum Gasteiger partial charge on any atom is -0.481 e. The van der Waals surface area contributed by atoms with Crippen molar-refractivity contribution in [1.29, 1.82) is 0 Å². The molecular weight excluding hydrogens is 212 g/mol. The lowest BCUT2D eigenvalue weighted by molar-refractivity contribution is -0.136. The van der Waals surface area contributed by atoms with Crippen molar-refractivity contribution in [2.75, 3.05) is 26.3 Å². The van der Waals surface area contributed by atoms with E-state index in [1.54, 1.807) is 0 Å². The molecule has 0 radical (unpaired) electrons. The molecule has 0 aromatic carbocycles. The van der Waals surface area contributed by atoms with Crippen LogP contribution in [0.1, 0.15) is 6.42 Å². The van der Waals surface area contributed by atoms with E-state index in [2.05, 4.69) is 11.2 Å². The summed E-state index contributed by atoms with van der Waals surface area (Å²) in [6, 6.07) is -0.717. The molecule has 88 valence electrons. The van der Waals surface area contributed by atoms with Gasteiger partial charge in [0, 0.05) is 13.1 Å². The molecule has 0 aliphatic carbocycles. The zero-order valence-corrected chi connectivity index (χ0v) is 8.81. The van der Waals surface area contributed by atoms with E-state index in [1.807, 2.05) is 0 Å². The fourth-order valence-corrected chi connectivity index (χ4v) is 1.36. The first kappa shape index (κ1) is 12.3. The number of ether oxygens (including phenoxy) is 1. The summed E-state index contributed by atoms with van der Waals surface area (Å²) in [5, 5.41) is 10.9. The normalized spacial score (nSPS) is 19.9. The highest BCUT2D eigenvalue weighted by molar-refractivity contribution is 5.76. The predicted molar refractivity (Wildman–Crippen MR) is 55.8 cm³/mol. The van der Waals surface area contributed by atoms with Crippen LogP contribution in [0.2, 0.25) is 0 Å². The number of rotatable bonds is 3. The van der Waals surface area contributed by atoms with Crippen molar-refractivity contribution in [1.82, 2.24) is 10.2 Å². The second-order valence-corrected chi connectivity index (χ2v) is 3.33. The van der Waals surface area contributed by atoms with E-state index in [1.165, 1.54) is 4.90 Å². The standard InChI is InChI=1S/C10H14N2O4/c1-2-8-7-16-6-5-12(8)10(15)11-4-3-9(13)14/h1,8H,3-7H2,(H,11,15)(H,13,14). The maximum Gasteiger partial charge on any atom is 0.318 e. The smallest absolute Gasteiger partial charge is 0.318 e. The summed E-state index contributed by atoms with van der Waals surface area (Å²) in [6.45, 7) is 1.30. The number of nitrogens with one attached hydrogen (secondary N) is 1. The lowest BCUT2D eigenvalue weighted by Crippen LogP contribution is -2.52. The summed E-state index contributed by atoms with van der Waals surface area (Å²) in [5.41, 5.74) is 0. The molecule has 1 aliphatic heterocycles. The molecule has 1 aliphatic rings. The first-order valence-corrected chi connectivity index (χ1v) is 4.95. The van der Waals surface area contributed by atoms with Gasteiger partial charge in [0.05, 0.1) is 19.6 Å². The molecule has 1 fully saturated rings.